The summed E-state index contributed by atoms with van der Waals surface area (Å²) in [5.41, 5.74) is 10.5. The molecule has 0 aliphatic rings. The van der Waals surface area contributed by atoms with Crippen LogP contribution in [0.1, 0.15) is 0 Å². The molecule has 0 unspecified atom stereocenters. The number of guanidine groups is 1. The molecule has 0 aliphatic heterocycles. The van der Waals surface area contributed by atoms with Crippen LogP contribution in [0.5, 0.6) is 0 Å². The molecule has 2 amide bonds. The molecule has 120 valence electrons. The molecule has 0 heterocycles. The lowest BCUT2D eigenvalue weighted by molar-refractivity contribution is 0.257. The molecule has 4 N–H and O–H groups in total. The van der Waals surface area contributed by atoms with Gasteiger partial charge in [-0.05, 0) is 36.4 Å². The highest BCUT2D eigenvalue weighted by molar-refractivity contribution is 9.10. The van der Waals surface area contributed by atoms with Crippen LogP contribution in [-0.4, -0.2) is 20.4 Å². The number of nitrogens with two attached hydrogens (primary N) is 2. The largest absolute Gasteiger partial charge is 0.370 e. The molecule has 23 heavy (non-hydrogen) atoms. The molecule has 0 saturated heterocycles. The van der Waals surface area contributed by atoms with Gasteiger partial charge in [-0.15, -0.1) is 0 Å². The minimum Gasteiger partial charge on any atom is -0.370 e. The number of anilines is 1. The van der Waals surface area contributed by atoms with Gasteiger partial charge in [0, 0.05) is 4.47 Å². The number of sulfonamides is 1. The van der Waals surface area contributed by atoms with Gasteiger partial charge in [0.25, 0.3) is 10.0 Å². The summed E-state index contributed by atoms with van der Waals surface area (Å²) in [4.78, 5) is 15.5. The zero-order chi connectivity index (χ0) is 17.0. The van der Waals surface area contributed by atoms with Crippen molar-refractivity contribution in [3.63, 3.8) is 0 Å². The SMILES string of the molecule is NC(N)=NC(=O)N(c1ccccc1)S(=O)(=O)c1ccc(Br)cc1. The van der Waals surface area contributed by atoms with Crippen molar-refractivity contribution >= 4 is 43.6 Å². The summed E-state index contributed by atoms with van der Waals surface area (Å²) in [5, 5.41) is 0. The van der Waals surface area contributed by atoms with E-state index in [4.69, 9.17) is 11.5 Å². The number of carbonyl (C=O) groups excluding carboxylic acids is 1. The van der Waals surface area contributed by atoms with Crippen molar-refractivity contribution in [2.75, 3.05) is 4.31 Å². The molecule has 0 bridgehead atoms. The number of aliphatic imine (C=N–C) groups is 1. The van der Waals surface area contributed by atoms with Crippen molar-refractivity contribution in [2.45, 2.75) is 4.90 Å². The molecule has 0 spiro atoms. The smallest absolute Gasteiger partial charge is 0.365 e. The Morgan fingerprint density at radius 2 is 1.57 bits per heavy atom. The van der Waals surface area contributed by atoms with E-state index in [-0.39, 0.29) is 10.6 Å². The number of amides is 2. The molecular weight excluding hydrogens is 384 g/mol. The van der Waals surface area contributed by atoms with E-state index in [1.54, 1.807) is 30.3 Å². The Morgan fingerprint density at radius 1 is 1.00 bits per heavy atom. The first-order valence-electron chi connectivity index (χ1n) is 6.32. The van der Waals surface area contributed by atoms with E-state index in [2.05, 4.69) is 20.9 Å². The Balaban J connectivity index is 2.59. The Hall–Kier alpha value is -2.39. The predicted octanol–water partition coefficient (Wildman–Crippen LogP) is 2.04. The number of para-hydroxylation sites is 1. The molecule has 9 heteroatoms. The molecule has 2 rings (SSSR count). The van der Waals surface area contributed by atoms with Crippen LogP contribution in [0.3, 0.4) is 0 Å². The number of halogens is 1. The molecule has 0 aromatic heterocycles. The summed E-state index contributed by atoms with van der Waals surface area (Å²) < 4.78 is 26.9. The van der Waals surface area contributed by atoms with Gasteiger partial charge in [0.1, 0.15) is 0 Å². The van der Waals surface area contributed by atoms with E-state index in [9.17, 15) is 13.2 Å². The number of urea groups is 1. The molecule has 0 radical (unpaired) electrons. The summed E-state index contributed by atoms with van der Waals surface area (Å²) in [6.07, 6.45) is 0. The van der Waals surface area contributed by atoms with Gasteiger partial charge in [-0.1, -0.05) is 34.1 Å². The second kappa shape index (κ2) is 6.80. The van der Waals surface area contributed by atoms with Gasteiger partial charge in [-0.2, -0.15) is 9.30 Å². The highest BCUT2D eigenvalue weighted by Crippen LogP contribution is 2.25. The first-order valence-corrected chi connectivity index (χ1v) is 8.55. The number of nitrogens with zero attached hydrogens (tertiary/aromatic N) is 2. The normalized spacial score (nSPS) is 10.8. The van der Waals surface area contributed by atoms with Crippen LogP contribution >= 0.6 is 15.9 Å². The zero-order valence-corrected chi connectivity index (χ0v) is 14.2. The second-order valence-corrected chi connectivity index (χ2v) is 7.08. The number of hydrogen-bond donors (Lipinski definition) is 2. The van der Waals surface area contributed by atoms with Gasteiger partial charge in [0.2, 0.25) is 0 Å². The number of hydrogen-bond acceptors (Lipinski definition) is 3. The Labute approximate surface area is 141 Å². The van der Waals surface area contributed by atoms with Gasteiger partial charge in [0.05, 0.1) is 10.6 Å². The fourth-order valence-corrected chi connectivity index (χ4v) is 3.38. The van der Waals surface area contributed by atoms with Crippen LogP contribution in [0.15, 0.2) is 69.0 Å². The van der Waals surface area contributed by atoms with Crippen LogP contribution < -0.4 is 15.8 Å². The van der Waals surface area contributed by atoms with Crippen molar-refractivity contribution in [1.82, 2.24) is 0 Å². The monoisotopic (exact) mass is 396 g/mol. The van der Waals surface area contributed by atoms with E-state index in [1.165, 1.54) is 24.3 Å². The minimum absolute atomic E-state index is 0.0660. The topological polar surface area (TPSA) is 119 Å². The molecule has 7 nitrogen and oxygen atoms in total. The van der Waals surface area contributed by atoms with Gasteiger partial charge in [-0.3, -0.25) is 0 Å². The third kappa shape index (κ3) is 3.88. The quantitative estimate of drug-likeness (QED) is 0.607. The maximum atomic E-state index is 12.8. The standard InChI is InChI=1S/C14H13BrN4O3S/c15-10-6-8-12(9-7-10)23(21,22)19(14(20)18-13(16)17)11-4-2-1-3-5-11/h1-9H,(H4,16,17,18,20). The first-order chi connectivity index (χ1) is 10.8. The maximum Gasteiger partial charge on any atom is 0.365 e. The second-order valence-electron chi connectivity index (χ2n) is 4.38. The average Bonchev–Trinajstić information content (AvgIpc) is 2.47. The minimum atomic E-state index is -4.17. The lowest BCUT2D eigenvalue weighted by atomic mass is 10.3. The van der Waals surface area contributed by atoms with Crippen LogP contribution in [0.4, 0.5) is 10.5 Å². The van der Waals surface area contributed by atoms with Crippen LogP contribution in [0.2, 0.25) is 0 Å². The number of rotatable bonds is 3. The summed E-state index contributed by atoms with van der Waals surface area (Å²) in [6.45, 7) is 0. The zero-order valence-electron chi connectivity index (χ0n) is 11.8. The van der Waals surface area contributed by atoms with Crippen LogP contribution in [0, 0.1) is 0 Å². The summed E-state index contributed by atoms with van der Waals surface area (Å²) in [7, 11) is -4.17. The van der Waals surface area contributed by atoms with Crippen molar-refractivity contribution in [1.29, 1.82) is 0 Å². The molecular formula is C14H13BrN4O3S. The van der Waals surface area contributed by atoms with E-state index in [1.807, 2.05) is 0 Å². The van der Waals surface area contributed by atoms with Crippen LogP contribution in [-0.2, 0) is 10.0 Å². The summed E-state index contributed by atoms with van der Waals surface area (Å²) in [5.74, 6) is -0.526. The van der Waals surface area contributed by atoms with E-state index < -0.39 is 22.0 Å². The molecule has 0 atom stereocenters. The lowest BCUT2D eigenvalue weighted by Crippen LogP contribution is -2.37. The fourth-order valence-electron chi connectivity index (χ4n) is 1.78. The van der Waals surface area contributed by atoms with Gasteiger partial charge >= 0.3 is 6.03 Å². The van der Waals surface area contributed by atoms with Crippen molar-refractivity contribution in [3.8, 4) is 0 Å². The Morgan fingerprint density at radius 3 is 2.09 bits per heavy atom. The first kappa shape index (κ1) is 17.0. The molecule has 2 aromatic rings. The Kier molecular flexibility index (Phi) is 5.02. The third-order valence-electron chi connectivity index (χ3n) is 2.74. The van der Waals surface area contributed by atoms with Gasteiger partial charge in [-0.25, -0.2) is 13.2 Å². The highest BCUT2D eigenvalue weighted by atomic mass is 79.9. The van der Waals surface area contributed by atoms with Crippen molar-refractivity contribution in [2.24, 2.45) is 16.5 Å². The third-order valence-corrected chi connectivity index (χ3v) is 4.99. The molecule has 0 saturated carbocycles. The van der Waals surface area contributed by atoms with E-state index in [0.717, 1.165) is 0 Å². The van der Waals surface area contributed by atoms with E-state index >= 15 is 0 Å². The highest BCUT2D eigenvalue weighted by Gasteiger charge is 2.31. The fraction of sp³-hybridized carbons (Fsp3) is 0. The van der Waals surface area contributed by atoms with Gasteiger partial charge in [0.15, 0.2) is 5.96 Å². The lowest BCUT2D eigenvalue weighted by Gasteiger charge is -2.20. The molecule has 0 fully saturated rings. The predicted molar refractivity (Wildman–Crippen MR) is 91.5 cm³/mol. The van der Waals surface area contributed by atoms with Crippen molar-refractivity contribution in [3.05, 3.63) is 59.1 Å². The molecule has 0 aliphatic carbocycles. The van der Waals surface area contributed by atoms with Crippen molar-refractivity contribution < 1.29 is 13.2 Å². The summed E-state index contributed by atoms with van der Waals surface area (Å²) in [6, 6.07) is 12.6. The number of carbonyl (C=O) groups is 1. The maximum absolute atomic E-state index is 12.8. The van der Waals surface area contributed by atoms with E-state index in [0.29, 0.717) is 8.78 Å². The average molecular weight is 397 g/mol. The Bertz CT molecular complexity index is 832. The number of benzene rings is 2. The van der Waals surface area contributed by atoms with Crippen LogP contribution in [0.25, 0.3) is 0 Å². The van der Waals surface area contributed by atoms with Gasteiger partial charge < -0.3 is 11.5 Å². The molecule has 2 aromatic carbocycles. The summed E-state index contributed by atoms with van der Waals surface area (Å²) >= 11 is 3.23.